The molecule has 1 aromatic heterocycles. The number of carbonyl (C=O) groups excluding carboxylic acids is 13. The van der Waals surface area contributed by atoms with Crippen LogP contribution in [0.4, 0.5) is 0 Å². The van der Waals surface area contributed by atoms with Crippen molar-refractivity contribution in [2.24, 2.45) is 62.0 Å². The zero-order valence-electron chi connectivity index (χ0n) is 65.3. The lowest BCUT2D eigenvalue weighted by atomic mass is 9.99. The number of carboxylic acids is 1. The molecular weight excluding hydrogens is 1530 g/mol. The number of amides is 13. The third-order valence-electron chi connectivity index (χ3n) is 19.6. The number of aromatic nitrogens is 2. The minimum atomic E-state index is -1.59. The molecule has 27 N–H and O–H groups in total. The number of H-pyrrole nitrogens is 1. The Kier molecular flexibility index (Phi) is 39.9. The largest absolute Gasteiger partial charge is 0.508 e. The van der Waals surface area contributed by atoms with Crippen molar-refractivity contribution in [1.29, 1.82) is 0 Å². The summed E-state index contributed by atoms with van der Waals surface area (Å²) in [5.74, 6) is -14.0. The topological polar surface area (TPSA) is 642 Å². The number of likely N-dealkylation sites (tertiary alicyclic amines) is 2. The molecule has 115 heavy (non-hydrogen) atoms. The molecule has 634 valence electrons. The third kappa shape index (κ3) is 31.1. The van der Waals surface area contributed by atoms with Crippen LogP contribution in [0.3, 0.4) is 0 Å². The number of thiol groups is 2. The maximum absolute atomic E-state index is 14.9. The van der Waals surface area contributed by atoms with Crippen LogP contribution >= 0.6 is 25.3 Å². The molecule has 2 aromatic carbocycles. The van der Waals surface area contributed by atoms with Crippen LogP contribution in [-0.2, 0) is 86.4 Å². The molecule has 0 spiro atoms. The van der Waals surface area contributed by atoms with Gasteiger partial charge in [0.1, 0.15) is 78.3 Å². The average molecular weight is 1650 g/mol. The molecule has 2 saturated heterocycles. The van der Waals surface area contributed by atoms with E-state index in [-0.39, 0.29) is 151 Å². The Bertz CT molecular complexity index is 3820. The van der Waals surface area contributed by atoms with Gasteiger partial charge in [0.15, 0.2) is 11.9 Å². The van der Waals surface area contributed by atoms with Crippen molar-refractivity contribution in [2.75, 3.05) is 44.2 Å². The van der Waals surface area contributed by atoms with Crippen LogP contribution in [0.15, 0.2) is 77.1 Å². The molecule has 0 unspecified atom stereocenters. The summed E-state index contributed by atoms with van der Waals surface area (Å²) >= 11 is 8.77. The van der Waals surface area contributed by atoms with Crippen molar-refractivity contribution in [2.45, 2.75) is 215 Å². The lowest BCUT2D eigenvalue weighted by molar-refractivity contribution is -0.143. The molecule has 0 radical (unpaired) electrons. The number of phenolic OH excluding ortho intramolecular Hbond substituents is 1. The van der Waals surface area contributed by atoms with E-state index in [0.717, 1.165) is 0 Å². The minimum Gasteiger partial charge on any atom is -0.508 e. The quantitative estimate of drug-likeness (QED) is 0.0110. The van der Waals surface area contributed by atoms with Gasteiger partial charge in [-0.05, 0) is 119 Å². The summed E-state index contributed by atoms with van der Waals surface area (Å²) in [6.45, 7) is 7.17. The number of unbranched alkanes of at least 4 members (excludes halogenated alkanes) is 1. The first kappa shape index (κ1) is 94.8. The van der Waals surface area contributed by atoms with Crippen molar-refractivity contribution in [3.63, 3.8) is 0 Å². The smallest absolute Gasteiger partial charge is 0.326 e. The van der Waals surface area contributed by atoms with Crippen molar-refractivity contribution >= 4 is 120 Å². The van der Waals surface area contributed by atoms with Crippen molar-refractivity contribution in [3.8, 4) is 5.75 Å². The van der Waals surface area contributed by atoms with Gasteiger partial charge in [0.25, 0.3) is 0 Å². The SMILES string of the molecule is CC[C@H](C)[C@H](N)C(=O)N[C@@H](CS)C(=O)N[C@@H](Cc1cnc[nH]1)C(=O)N1CCC[C@H]1C(=O)N[C@H](C(=O)N[C@@H](Cc1ccccc1)C(=O)N[C@@H](CS)C(=O)N1CCC[C@H]1C(=O)N[C@@H](CCCN=C(N)N)C(=O)N[C@@H](CCCN=C(N)N)C(=O)N[C@@H](Cc1ccc(O)cc1)C(=O)N[C@@H](CCCCN)C(=O)N[C@@H](CCC(N)=O)C(=O)O)C(C)C. The molecule has 0 aliphatic carbocycles. The van der Waals surface area contributed by atoms with E-state index in [2.05, 4.69) is 98.4 Å². The van der Waals surface area contributed by atoms with Gasteiger partial charge in [-0.3, -0.25) is 72.3 Å². The predicted molar refractivity (Wildman–Crippen MR) is 432 cm³/mol. The summed E-state index contributed by atoms with van der Waals surface area (Å²) in [5.41, 5.74) is 41.1. The van der Waals surface area contributed by atoms with Crippen LogP contribution in [0.2, 0.25) is 0 Å². The first-order valence-electron chi connectivity index (χ1n) is 38.4. The fourth-order valence-electron chi connectivity index (χ4n) is 12.9. The van der Waals surface area contributed by atoms with Gasteiger partial charge >= 0.3 is 5.97 Å². The van der Waals surface area contributed by atoms with Gasteiger partial charge in [0.2, 0.25) is 76.8 Å². The van der Waals surface area contributed by atoms with Crippen LogP contribution in [0, 0.1) is 11.8 Å². The number of carbonyl (C=O) groups is 14. The number of nitrogens with two attached hydrogens (primary N) is 7. The molecule has 3 heterocycles. The molecule has 41 heteroatoms. The van der Waals surface area contributed by atoms with Gasteiger partial charge < -0.3 is 118 Å². The van der Waals surface area contributed by atoms with Gasteiger partial charge in [0.05, 0.1) is 12.4 Å². The molecule has 2 aliphatic heterocycles. The summed E-state index contributed by atoms with van der Waals surface area (Å²) < 4.78 is 0. The maximum Gasteiger partial charge on any atom is 0.326 e. The molecule has 3 aromatic rings. The Labute approximate surface area is 678 Å². The number of nitrogens with one attached hydrogen (secondary N) is 11. The Balaban J connectivity index is 1.37. The van der Waals surface area contributed by atoms with E-state index in [0.29, 0.717) is 36.1 Å². The maximum atomic E-state index is 14.9. The van der Waals surface area contributed by atoms with E-state index in [1.165, 1.54) is 46.6 Å². The molecule has 2 aliphatic rings. The van der Waals surface area contributed by atoms with Crippen LogP contribution in [-0.4, -0.2) is 247 Å². The highest BCUT2D eigenvalue weighted by Gasteiger charge is 2.44. The zero-order valence-corrected chi connectivity index (χ0v) is 67.1. The number of hydrogen-bond acceptors (Lipinski definition) is 22. The lowest BCUT2D eigenvalue weighted by Crippen LogP contribution is -2.61. The highest BCUT2D eigenvalue weighted by Crippen LogP contribution is 2.24. The minimum absolute atomic E-state index is 0.0117. The second kappa shape index (κ2) is 48.4. The lowest BCUT2D eigenvalue weighted by Gasteiger charge is -2.32. The van der Waals surface area contributed by atoms with Crippen molar-refractivity contribution in [1.82, 2.24) is 72.9 Å². The number of carboxylic acid groups (broad SMARTS) is 1. The van der Waals surface area contributed by atoms with E-state index in [9.17, 15) is 77.3 Å². The molecule has 2 fully saturated rings. The second-order valence-electron chi connectivity index (χ2n) is 28.8. The van der Waals surface area contributed by atoms with E-state index >= 15 is 0 Å². The molecule has 5 rings (SSSR count). The number of aliphatic imine (C=N–C) groups is 2. The average Bonchev–Trinajstić information content (AvgIpc) is 1.72. The number of hydrogen-bond donors (Lipinski definition) is 22. The van der Waals surface area contributed by atoms with Crippen molar-refractivity contribution < 1.29 is 77.3 Å². The number of guanidine groups is 2. The molecule has 13 amide bonds. The monoisotopic (exact) mass is 1650 g/mol. The standard InChI is InChI=1S/C74H115N23O16S2/c1-5-41(4)58(77)68(108)93-53(37-114)65(105)92-52(35-44-36-82-39-85-44)70(110)96-31-14-21-56(96)67(107)95-59(40(2)3)69(109)91-51(33-42-15-7-6-8-16-42)64(104)94-54(38-115)71(111)97-32-13-20-55(97)66(106)88-48(19-12-30-84-74(80)81)60(100)86-47(18-11-29-83-73(78)79)62(102)90-50(34-43-22-24-45(98)25-23-43)63(103)87-46(17-9-10-28-75)61(101)89-49(72(112)113)26-27-57(76)99/h6-8,15-16,22-25,36,39-41,46-56,58-59,98,114-115H,5,9-14,17-21,26-35,37-38,75,77H2,1-4H3,(H2,76,99)(H,82,85)(H,86,100)(H,87,103)(H,88,106)(H,89,101)(H,90,102)(H,91,109)(H,92,105)(H,93,108)(H,94,104)(H,95,107)(H,112,113)(H4,78,79,83)(H4,80,81,84)/t41-,46-,47-,48-,49-,50-,51-,52-,53-,54-,55-,56-,58-,59-/m0/s1. The summed E-state index contributed by atoms with van der Waals surface area (Å²) in [5, 5.41) is 46.7. The number of phenols is 1. The van der Waals surface area contributed by atoms with Gasteiger partial charge in [0, 0.05) is 75.3 Å². The highest BCUT2D eigenvalue weighted by molar-refractivity contribution is 7.80. The number of nitrogens with zero attached hydrogens (tertiary/aromatic N) is 5. The molecule has 14 atom stereocenters. The zero-order chi connectivity index (χ0) is 85.0. The van der Waals surface area contributed by atoms with E-state index in [4.69, 9.17) is 40.1 Å². The summed E-state index contributed by atoms with van der Waals surface area (Å²) in [6, 6.07) is -3.38. The fourth-order valence-corrected chi connectivity index (χ4v) is 13.4. The normalized spacial score (nSPS) is 16.9. The first-order valence-corrected chi connectivity index (χ1v) is 39.7. The number of rotatable bonds is 49. The fraction of sp³-hybridized carbons (Fsp3) is 0.581. The molecule has 39 nitrogen and oxygen atoms in total. The number of aliphatic carboxylic acids is 1. The van der Waals surface area contributed by atoms with Crippen LogP contribution in [0.5, 0.6) is 5.75 Å². The summed E-state index contributed by atoms with van der Waals surface area (Å²) in [7, 11) is 0. The molecule has 0 bridgehead atoms. The summed E-state index contributed by atoms with van der Waals surface area (Å²) in [4.78, 5) is 215. The number of aromatic hydroxyl groups is 1. The first-order chi connectivity index (χ1) is 54.7. The van der Waals surface area contributed by atoms with E-state index in [1.54, 1.807) is 51.1 Å². The second-order valence-corrected chi connectivity index (χ2v) is 29.5. The number of imidazole rings is 1. The van der Waals surface area contributed by atoms with Crippen LogP contribution in [0.1, 0.15) is 134 Å². The van der Waals surface area contributed by atoms with Crippen LogP contribution < -0.4 is 93.3 Å². The molecule has 0 saturated carbocycles. The summed E-state index contributed by atoms with van der Waals surface area (Å²) in [6.07, 6.45) is 3.39. The van der Waals surface area contributed by atoms with Crippen LogP contribution in [0.25, 0.3) is 0 Å². The van der Waals surface area contributed by atoms with Gasteiger partial charge in [-0.25, -0.2) is 9.78 Å². The Morgan fingerprint density at radius 1 is 0.530 bits per heavy atom. The highest BCUT2D eigenvalue weighted by atomic mass is 32.1. The third-order valence-corrected chi connectivity index (χ3v) is 20.4. The number of primary amides is 1. The Morgan fingerprint density at radius 3 is 1.45 bits per heavy atom. The molecular formula is C74H115N23O16S2. The van der Waals surface area contributed by atoms with Gasteiger partial charge in [-0.1, -0.05) is 76.6 Å². The number of benzene rings is 2. The Morgan fingerprint density at radius 2 is 0.974 bits per heavy atom. The van der Waals surface area contributed by atoms with Gasteiger partial charge in [-0.15, -0.1) is 0 Å². The number of aromatic amines is 1. The Hall–Kier alpha value is -10.8. The predicted octanol–water partition coefficient (Wildman–Crippen LogP) is -4.55. The van der Waals surface area contributed by atoms with Gasteiger partial charge in [-0.2, -0.15) is 25.3 Å². The van der Waals surface area contributed by atoms with E-state index < -0.39 is 174 Å². The van der Waals surface area contributed by atoms with E-state index in [1.807, 2.05) is 6.92 Å². The van der Waals surface area contributed by atoms with Crippen molar-refractivity contribution in [3.05, 3.63) is 83.9 Å².